The highest BCUT2D eigenvalue weighted by Crippen LogP contribution is 2.37. The highest BCUT2D eigenvalue weighted by molar-refractivity contribution is 7.99. The third kappa shape index (κ3) is 2.85. The molecule has 0 unspecified atom stereocenters. The molecular weight excluding hydrogens is 240 g/mol. The molecule has 0 fully saturated rings. The first-order chi connectivity index (χ1) is 8.35. The summed E-state index contributed by atoms with van der Waals surface area (Å²) in [7, 11) is 0. The maximum atomic E-state index is 10.9. The Hall–Kier alpha value is -1.36. The summed E-state index contributed by atoms with van der Waals surface area (Å²) < 4.78 is 16.0. The Morgan fingerprint density at radius 1 is 1.41 bits per heavy atom. The number of hydrogen-bond acceptors (Lipinski definition) is 5. The molecule has 0 amide bonds. The lowest BCUT2D eigenvalue weighted by Crippen LogP contribution is -2.02. The molecule has 1 aromatic carbocycles. The molecule has 4 nitrogen and oxygen atoms in total. The van der Waals surface area contributed by atoms with Gasteiger partial charge in [0.05, 0.1) is 12.2 Å². The van der Waals surface area contributed by atoms with E-state index in [0.29, 0.717) is 29.4 Å². The van der Waals surface area contributed by atoms with E-state index in [1.165, 1.54) is 0 Å². The summed E-state index contributed by atoms with van der Waals surface area (Å²) in [6.45, 7) is 2.88. The van der Waals surface area contributed by atoms with Crippen LogP contribution >= 0.6 is 11.8 Å². The molecule has 0 aromatic heterocycles. The molecule has 1 aliphatic heterocycles. The zero-order chi connectivity index (χ0) is 12.1. The smallest absolute Gasteiger partial charge is 0.231 e. The number of rotatable bonds is 6. The van der Waals surface area contributed by atoms with Crippen molar-refractivity contribution in [2.24, 2.45) is 0 Å². The van der Waals surface area contributed by atoms with E-state index < -0.39 is 0 Å². The van der Waals surface area contributed by atoms with Crippen LogP contribution in [0.5, 0.6) is 17.2 Å². The van der Waals surface area contributed by atoms with E-state index in [-0.39, 0.29) is 6.79 Å². The standard InChI is InChI=1S/C12H14O4S/c1-2-17-4-3-14-10-6-12-11(15-8-16-12)5-9(10)7-13/h5-7H,2-4,8H2,1H3. The first-order valence-electron chi connectivity index (χ1n) is 5.44. The fourth-order valence-electron chi connectivity index (χ4n) is 1.51. The Balaban J connectivity index is 2.07. The molecule has 0 bridgehead atoms. The van der Waals surface area contributed by atoms with E-state index in [4.69, 9.17) is 14.2 Å². The van der Waals surface area contributed by atoms with E-state index in [1.54, 1.807) is 23.9 Å². The number of thioether (sulfide) groups is 1. The Kier molecular flexibility index (Phi) is 4.14. The third-order valence-electron chi connectivity index (χ3n) is 2.32. The number of fused-ring (bicyclic) bond motifs is 1. The van der Waals surface area contributed by atoms with Crippen molar-refractivity contribution in [2.75, 3.05) is 24.9 Å². The van der Waals surface area contributed by atoms with Crippen molar-refractivity contribution < 1.29 is 19.0 Å². The van der Waals surface area contributed by atoms with Gasteiger partial charge in [-0.3, -0.25) is 4.79 Å². The number of carbonyl (C=O) groups excluding carboxylic acids is 1. The lowest BCUT2D eigenvalue weighted by Gasteiger charge is -2.08. The fraction of sp³-hybridized carbons (Fsp3) is 0.417. The van der Waals surface area contributed by atoms with Crippen molar-refractivity contribution >= 4 is 18.0 Å². The molecule has 17 heavy (non-hydrogen) atoms. The van der Waals surface area contributed by atoms with Crippen molar-refractivity contribution in [2.45, 2.75) is 6.92 Å². The lowest BCUT2D eigenvalue weighted by molar-refractivity contribution is 0.111. The maximum absolute atomic E-state index is 10.9. The maximum Gasteiger partial charge on any atom is 0.231 e. The van der Waals surface area contributed by atoms with Gasteiger partial charge in [-0.15, -0.1) is 0 Å². The molecule has 92 valence electrons. The number of aldehydes is 1. The first-order valence-corrected chi connectivity index (χ1v) is 6.60. The molecule has 5 heteroatoms. The average molecular weight is 254 g/mol. The quantitative estimate of drug-likeness (QED) is 0.576. The van der Waals surface area contributed by atoms with Crippen molar-refractivity contribution in [3.63, 3.8) is 0 Å². The summed E-state index contributed by atoms with van der Waals surface area (Å²) in [6, 6.07) is 3.36. The lowest BCUT2D eigenvalue weighted by atomic mass is 10.2. The highest BCUT2D eigenvalue weighted by Gasteiger charge is 2.17. The van der Waals surface area contributed by atoms with Gasteiger partial charge < -0.3 is 14.2 Å². The molecule has 0 radical (unpaired) electrons. The SMILES string of the molecule is CCSCCOc1cc2c(cc1C=O)OCO2. The van der Waals surface area contributed by atoms with Crippen LogP contribution in [0.25, 0.3) is 0 Å². The van der Waals surface area contributed by atoms with Crippen molar-refractivity contribution in [1.82, 2.24) is 0 Å². The first kappa shape index (κ1) is 12.1. The van der Waals surface area contributed by atoms with Crippen LogP contribution in [0, 0.1) is 0 Å². The number of ether oxygens (including phenoxy) is 3. The Bertz CT molecular complexity index is 406. The van der Waals surface area contributed by atoms with Crippen LogP contribution in [0.4, 0.5) is 0 Å². The number of benzene rings is 1. The van der Waals surface area contributed by atoms with Gasteiger partial charge in [0.25, 0.3) is 0 Å². The summed E-state index contributed by atoms with van der Waals surface area (Å²) in [6.07, 6.45) is 0.768. The zero-order valence-corrected chi connectivity index (χ0v) is 10.4. The second-order valence-electron chi connectivity index (χ2n) is 3.41. The van der Waals surface area contributed by atoms with Crippen LogP contribution in [0.2, 0.25) is 0 Å². The van der Waals surface area contributed by atoms with Crippen molar-refractivity contribution in [1.29, 1.82) is 0 Å². The molecule has 0 spiro atoms. The van der Waals surface area contributed by atoms with E-state index in [1.807, 2.05) is 0 Å². The molecule has 1 aliphatic rings. The van der Waals surface area contributed by atoms with Gasteiger partial charge in [0.2, 0.25) is 6.79 Å². The summed E-state index contributed by atoms with van der Waals surface area (Å²) in [4.78, 5) is 10.9. The normalized spacial score (nSPS) is 12.5. The van der Waals surface area contributed by atoms with E-state index >= 15 is 0 Å². The van der Waals surface area contributed by atoms with E-state index in [9.17, 15) is 4.79 Å². The molecule has 1 aromatic rings. The van der Waals surface area contributed by atoms with Crippen LogP contribution in [-0.2, 0) is 0 Å². The fourth-order valence-corrected chi connectivity index (χ4v) is 2.00. The van der Waals surface area contributed by atoms with Gasteiger partial charge in [-0.2, -0.15) is 11.8 Å². The van der Waals surface area contributed by atoms with E-state index in [2.05, 4.69) is 6.92 Å². The van der Waals surface area contributed by atoms with Gasteiger partial charge >= 0.3 is 0 Å². The second-order valence-corrected chi connectivity index (χ2v) is 4.80. The third-order valence-corrected chi connectivity index (χ3v) is 3.18. The average Bonchev–Trinajstić information content (AvgIpc) is 2.80. The topological polar surface area (TPSA) is 44.8 Å². The molecular formula is C12H14O4S. The van der Waals surface area contributed by atoms with Gasteiger partial charge in [-0.1, -0.05) is 6.92 Å². The molecule has 2 rings (SSSR count). The molecule has 0 saturated heterocycles. The van der Waals surface area contributed by atoms with Gasteiger partial charge in [0.1, 0.15) is 5.75 Å². The highest BCUT2D eigenvalue weighted by atomic mass is 32.2. The Morgan fingerprint density at radius 3 is 2.88 bits per heavy atom. The molecule has 0 atom stereocenters. The van der Waals surface area contributed by atoms with E-state index in [0.717, 1.165) is 17.8 Å². The molecule has 1 heterocycles. The molecule has 0 saturated carbocycles. The summed E-state index contributed by atoms with van der Waals surface area (Å²) in [5.41, 5.74) is 0.496. The molecule has 0 N–H and O–H groups in total. The van der Waals surface area contributed by atoms with Crippen LogP contribution in [0.1, 0.15) is 17.3 Å². The summed E-state index contributed by atoms with van der Waals surface area (Å²) >= 11 is 1.80. The monoisotopic (exact) mass is 254 g/mol. The van der Waals surface area contributed by atoms with Gasteiger partial charge in [-0.25, -0.2) is 0 Å². The number of hydrogen-bond donors (Lipinski definition) is 0. The second kappa shape index (κ2) is 5.82. The van der Waals surface area contributed by atoms with Crippen LogP contribution in [0.15, 0.2) is 12.1 Å². The van der Waals surface area contributed by atoms with Gasteiger partial charge in [-0.05, 0) is 11.8 Å². The molecule has 0 aliphatic carbocycles. The predicted molar refractivity (Wildman–Crippen MR) is 66.4 cm³/mol. The minimum absolute atomic E-state index is 0.197. The van der Waals surface area contributed by atoms with Gasteiger partial charge in [0, 0.05) is 11.8 Å². The summed E-state index contributed by atoms with van der Waals surface area (Å²) in [5, 5.41) is 0. The minimum atomic E-state index is 0.197. The van der Waals surface area contributed by atoms with Crippen LogP contribution in [0.3, 0.4) is 0 Å². The van der Waals surface area contributed by atoms with Crippen molar-refractivity contribution in [3.05, 3.63) is 17.7 Å². The zero-order valence-electron chi connectivity index (χ0n) is 9.60. The van der Waals surface area contributed by atoms with Gasteiger partial charge in [0.15, 0.2) is 17.8 Å². The van der Waals surface area contributed by atoms with Crippen LogP contribution < -0.4 is 14.2 Å². The largest absolute Gasteiger partial charge is 0.492 e. The Morgan fingerprint density at radius 2 is 2.18 bits per heavy atom. The summed E-state index contributed by atoms with van der Waals surface area (Å²) in [5.74, 6) is 3.76. The number of carbonyl (C=O) groups is 1. The van der Waals surface area contributed by atoms with Crippen LogP contribution in [-0.4, -0.2) is 31.2 Å². The minimum Gasteiger partial charge on any atom is -0.492 e. The predicted octanol–water partition coefficient (Wildman–Crippen LogP) is 2.36. The van der Waals surface area contributed by atoms with Crippen molar-refractivity contribution in [3.8, 4) is 17.2 Å². The Labute approximate surface area is 104 Å².